The first-order valence-electron chi connectivity index (χ1n) is 6.76. The van der Waals surface area contributed by atoms with Gasteiger partial charge in [0.15, 0.2) is 0 Å². The predicted octanol–water partition coefficient (Wildman–Crippen LogP) is 2.52. The fourth-order valence-electron chi connectivity index (χ4n) is 3.01. The number of aliphatic hydroxyl groups excluding tert-OH is 1. The zero-order valence-corrected chi connectivity index (χ0v) is 11.2. The third-order valence-electron chi connectivity index (χ3n) is 4.27. The van der Waals surface area contributed by atoms with Gasteiger partial charge in [0.05, 0.1) is 11.8 Å². The summed E-state index contributed by atoms with van der Waals surface area (Å²) < 4.78 is 1.91. The highest BCUT2D eigenvalue weighted by Crippen LogP contribution is 2.28. The third-order valence-corrected chi connectivity index (χ3v) is 4.27. The first kappa shape index (κ1) is 12.6. The first-order chi connectivity index (χ1) is 8.09. The van der Waals surface area contributed by atoms with E-state index >= 15 is 0 Å². The third kappa shape index (κ3) is 2.71. The van der Waals surface area contributed by atoms with Crippen molar-refractivity contribution in [2.24, 2.45) is 13.0 Å². The number of hydrogen-bond acceptors (Lipinski definition) is 2. The van der Waals surface area contributed by atoms with Crippen molar-refractivity contribution in [2.45, 2.75) is 58.5 Å². The normalized spacial score (nSPS) is 19.5. The van der Waals surface area contributed by atoms with Gasteiger partial charge in [0.1, 0.15) is 0 Å². The van der Waals surface area contributed by atoms with Gasteiger partial charge in [-0.05, 0) is 38.2 Å². The van der Waals surface area contributed by atoms with E-state index in [2.05, 4.69) is 12.0 Å². The molecule has 1 aromatic rings. The minimum absolute atomic E-state index is 0.183. The summed E-state index contributed by atoms with van der Waals surface area (Å²) in [7, 11) is 1.97. The van der Waals surface area contributed by atoms with Crippen molar-refractivity contribution in [1.29, 1.82) is 0 Å². The van der Waals surface area contributed by atoms with Gasteiger partial charge >= 0.3 is 0 Å². The van der Waals surface area contributed by atoms with E-state index < -0.39 is 0 Å². The van der Waals surface area contributed by atoms with Crippen LogP contribution in [-0.4, -0.2) is 21.0 Å². The van der Waals surface area contributed by atoms with Gasteiger partial charge in [0.25, 0.3) is 0 Å². The fraction of sp³-hybridized carbons (Fsp3) is 0.786. The molecule has 0 aliphatic heterocycles. The molecule has 96 valence electrons. The fourth-order valence-corrected chi connectivity index (χ4v) is 3.01. The molecule has 2 rings (SSSR count). The maximum absolute atomic E-state index is 10.3. The zero-order valence-electron chi connectivity index (χ0n) is 11.2. The Bertz CT molecular complexity index is 378. The standard InChI is InChI=1S/C14H24N2O/c1-10-13(11(2)16(3)15-10)9-14(17)12-7-5-4-6-8-12/h12,14,17H,4-9H2,1-3H3. The number of aromatic nitrogens is 2. The van der Waals surface area contributed by atoms with Crippen molar-refractivity contribution in [3.05, 3.63) is 17.0 Å². The van der Waals surface area contributed by atoms with Gasteiger partial charge < -0.3 is 5.11 Å². The molecule has 1 fully saturated rings. The molecule has 0 aromatic carbocycles. The molecule has 1 aromatic heterocycles. The van der Waals surface area contributed by atoms with Gasteiger partial charge in [-0.25, -0.2) is 0 Å². The molecule has 1 atom stereocenters. The van der Waals surface area contributed by atoms with Crippen LogP contribution in [0.3, 0.4) is 0 Å². The SMILES string of the molecule is Cc1nn(C)c(C)c1CC(O)C1CCCCC1. The van der Waals surface area contributed by atoms with Gasteiger partial charge in [-0.2, -0.15) is 5.10 Å². The smallest absolute Gasteiger partial charge is 0.0629 e. The summed E-state index contributed by atoms with van der Waals surface area (Å²) in [4.78, 5) is 0. The molecule has 17 heavy (non-hydrogen) atoms. The Hall–Kier alpha value is -0.830. The molecule has 0 amide bonds. The Morgan fingerprint density at radius 3 is 2.47 bits per heavy atom. The molecule has 1 N–H and O–H groups in total. The van der Waals surface area contributed by atoms with Crippen LogP contribution in [0.2, 0.25) is 0 Å². The van der Waals surface area contributed by atoms with Crippen LogP contribution in [0.5, 0.6) is 0 Å². The Morgan fingerprint density at radius 1 is 1.29 bits per heavy atom. The number of aliphatic hydroxyl groups is 1. The number of aryl methyl sites for hydroxylation is 2. The van der Waals surface area contributed by atoms with E-state index in [1.807, 2.05) is 18.7 Å². The van der Waals surface area contributed by atoms with Crippen LogP contribution in [0.4, 0.5) is 0 Å². The Labute approximate surface area is 104 Å². The van der Waals surface area contributed by atoms with Gasteiger partial charge in [0, 0.05) is 19.2 Å². The summed E-state index contributed by atoms with van der Waals surface area (Å²) in [5.74, 6) is 0.503. The Kier molecular flexibility index (Phi) is 3.87. The summed E-state index contributed by atoms with van der Waals surface area (Å²) in [6.07, 6.45) is 6.89. The van der Waals surface area contributed by atoms with Crippen molar-refractivity contribution in [3.8, 4) is 0 Å². The van der Waals surface area contributed by atoms with Crippen molar-refractivity contribution < 1.29 is 5.11 Å². The van der Waals surface area contributed by atoms with Crippen molar-refractivity contribution in [3.63, 3.8) is 0 Å². The highest BCUT2D eigenvalue weighted by molar-refractivity contribution is 5.25. The lowest BCUT2D eigenvalue weighted by Crippen LogP contribution is -2.25. The molecule has 0 radical (unpaired) electrons. The molecule has 3 heteroatoms. The predicted molar refractivity (Wildman–Crippen MR) is 69.0 cm³/mol. The summed E-state index contributed by atoms with van der Waals surface area (Å²) in [6, 6.07) is 0. The average molecular weight is 236 g/mol. The second-order valence-electron chi connectivity index (χ2n) is 5.44. The Balaban J connectivity index is 2.04. The zero-order chi connectivity index (χ0) is 12.4. The molecule has 1 aliphatic rings. The van der Waals surface area contributed by atoms with E-state index in [1.54, 1.807) is 0 Å². The maximum atomic E-state index is 10.3. The van der Waals surface area contributed by atoms with Crippen molar-refractivity contribution in [1.82, 2.24) is 9.78 Å². The van der Waals surface area contributed by atoms with Crippen LogP contribution in [0.25, 0.3) is 0 Å². The number of nitrogens with zero attached hydrogens (tertiary/aromatic N) is 2. The number of rotatable bonds is 3. The summed E-state index contributed by atoms with van der Waals surface area (Å²) in [6.45, 7) is 4.12. The van der Waals surface area contributed by atoms with Crippen LogP contribution in [0, 0.1) is 19.8 Å². The van der Waals surface area contributed by atoms with E-state index in [-0.39, 0.29) is 6.10 Å². The largest absolute Gasteiger partial charge is 0.392 e. The lowest BCUT2D eigenvalue weighted by atomic mass is 9.83. The van der Waals surface area contributed by atoms with Gasteiger partial charge in [-0.3, -0.25) is 4.68 Å². The molecule has 1 saturated carbocycles. The summed E-state index contributed by atoms with van der Waals surface area (Å²) in [5, 5.41) is 14.8. The molecule has 1 aliphatic carbocycles. The van der Waals surface area contributed by atoms with Crippen molar-refractivity contribution in [2.75, 3.05) is 0 Å². The van der Waals surface area contributed by atoms with Crippen molar-refractivity contribution >= 4 is 0 Å². The van der Waals surface area contributed by atoms with E-state index in [9.17, 15) is 5.11 Å². The molecule has 3 nitrogen and oxygen atoms in total. The molecule has 1 heterocycles. The van der Waals surface area contributed by atoms with Crippen LogP contribution >= 0.6 is 0 Å². The molecule has 0 spiro atoms. The quantitative estimate of drug-likeness (QED) is 0.875. The van der Waals surface area contributed by atoms with Gasteiger partial charge in [0.2, 0.25) is 0 Å². The highest BCUT2D eigenvalue weighted by atomic mass is 16.3. The lowest BCUT2D eigenvalue weighted by molar-refractivity contribution is 0.0848. The minimum Gasteiger partial charge on any atom is -0.392 e. The van der Waals surface area contributed by atoms with E-state index in [0.29, 0.717) is 5.92 Å². The minimum atomic E-state index is -0.183. The second kappa shape index (κ2) is 5.21. The van der Waals surface area contributed by atoms with E-state index in [0.717, 1.165) is 12.1 Å². The van der Waals surface area contributed by atoms with E-state index in [1.165, 1.54) is 43.4 Å². The van der Waals surface area contributed by atoms with Crippen LogP contribution < -0.4 is 0 Å². The van der Waals surface area contributed by atoms with Gasteiger partial charge in [-0.15, -0.1) is 0 Å². The average Bonchev–Trinajstić information content (AvgIpc) is 2.57. The monoisotopic (exact) mass is 236 g/mol. The highest BCUT2D eigenvalue weighted by Gasteiger charge is 2.23. The topological polar surface area (TPSA) is 38.0 Å². The molecular weight excluding hydrogens is 212 g/mol. The molecular formula is C14H24N2O. The van der Waals surface area contributed by atoms with Gasteiger partial charge in [-0.1, -0.05) is 19.3 Å². The molecule has 1 unspecified atom stereocenters. The summed E-state index contributed by atoms with van der Waals surface area (Å²) in [5.41, 5.74) is 3.50. The second-order valence-corrected chi connectivity index (χ2v) is 5.44. The van der Waals surface area contributed by atoms with Crippen LogP contribution in [0.1, 0.15) is 49.1 Å². The first-order valence-corrected chi connectivity index (χ1v) is 6.76. The number of hydrogen-bond donors (Lipinski definition) is 1. The van der Waals surface area contributed by atoms with Crippen LogP contribution in [0.15, 0.2) is 0 Å². The Morgan fingerprint density at radius 2 is 1.94 bits per heavy atom. The molecule has 0 bridgehead atoms. The molecule has 0 saturated heterocycles. The lowest BCUT2D eigenvalue weighted by Gasteiger charge is -2.26. The van der Waals surface area contributed by atoms with Crippen LogP contribution in [-0.2, 0) is 13.5 Å². The summed E-state index contributed by atoms with van der Waals surface area (Å²) >= 11 is 0. The van der Waals surface area contributed by atoms with E-state index in [4.69, 9.17) is 0 Å². The maximum Gasteiger partial charge on any atom is 0.0629 e.